The van der Waals surface area contributed by atoms with Crippen LogP contribution in [0, 0.1) is 0 Å². The van der Waals surface area contributed by atoms with Gasteiger partial charge in [0.05, 0.1) is 12.8 Å². The molecule has 30 heavy (non-hydrogen) atoms. The molecule has 0 radical (unpaired) electrons. The van der Waals surface area contributed by atoms with Crippen molar-refractivity contribution in [3.63, 3.8) is 0 Å². The number of nitrogens with one attached hydrogen (secondary N) is 1. The van der Waals surface area contributed by atoms with Gasteiger partial charge in [-0.25, -0.2) is 4.79 Å². The van der Waals surface area contributed by atoms with Crippen LogP contribution < -0.4 is 10.1 Å². The highest BCUT2D eigenvalue weighted by Crippen LogP contribution is 2.24. The first-order valence-electron chi connectivity index (χ1n) is 9.29. The molecule has 1 N–H and O–H groups in total. The number of hydrogen-bond donors (Lipinski definition) is 1. The zero-order valence-electron chi connectivity index (χ0n) is 15.9. The van der Waals surface area contributed by atoms with Crippen LogP contribution in [-0.2, 0) is 22.7 Å². The number of ether oxygens (including phenoxy) is 1. The van der Waals surface area contributed by atoms with E-state index in [0.717, 1.165) is 10.5 Å². The minimum absolute atomic E-state index is 0.0750. The van der Waals surface area contributed by atoms with Crippen molar-refractivity contribution >= 4 is 23.9 Å². The minimum Gasteiger partial charge on any atom is -0.488 e. The molecule has 1 fully saturated rings. The Morgan fingerprint density at radius 3 is 2.47 bits per heavy atom. The molecule has 1 saturated heterocycles. The molecule has 1 aliphatic rings. The molecule has 1 aliphatic heterocycles. The van der Waals surface area contributed by atoms with Crippen molar-refractivity contribution in [1.82, 2.24) is 10.2 Å². The molecule has 4 amide bonds. The van der Waals surface area contributed by atoms with E-state index in [1.165, 1.54) is 12.3 Å². The lowest BCUT2D eigenvalue weighted by Crippen LogP contribution is -2.53. The van der Waals surface area contributed by atoms with E-state index in [0.29, 0.717) is 23.7 Å². The number of imide groups is 2. The molecule has 0 bridgehead atoms. The fraction of sp³-hybridized carbons (Fsp3) is 0.0870. The molecule has 4 rings (SSSR count). The maximum Gasteiger partial charge on any atom is 0.331 e. The zero-order valence-corrected chi connectivity index (χ0v) is 15.9. The van der Waals surface area contributed by atoms with Gasteiger partial charge in [-0.05, 0) is 29.8 Å². The Morgan fingerprint density at radius 1 is 0.933 bits per heavy atom. The summed E-state index contributed by atoms with van der Waals surface area (Å²) in [4.78, 5) is 38.3. The Labute approximate surface area is 172 Å². The van der Waals surface area contributed by atoms with Gasteiger partial charge in [-0.15, -0.1) is 0 Å². The highest BCUT2D eigenvalue weighted by molar-refractivity contribution is 6.31. The van der Waals surface area contributed by atoms with Gasteiger partial charge in [0.25, 0.3) is 11.8 Å². The number of nitrogens with zero attached hydrogens (tertiary/aromatic N) is 1. The number of para-hydroxylation sites is 1. The van der Waals surface area contributed by atoms with E-state index >= 15 is 0 Å². The molecule has 0 saturated carbocycles. The number of urea groups is 1. The Hall–Kier alpha value is -4.13. The van der Waals surface area contributed by atoms with Crippen LogP contribution in [0.2, 0.25) is 0 Å². The van der Waals surface area contributed by atoms with Crippen molar-refractivity contribution in [2.24, 2.45) is 0 Å². The van der Waals surface area contributed by atoms with Crippen LogP contribution in [0.4, 0.5) is 4.79 Å². The van der Waals surface area contributed by atoms with E-state index in [1.54, 1.807) is 36.4 Å². The van der Waals surface area contributed by atoms with Crippen molar-refractivity contribution < 1.29 is 23.5 Å². The molecular formula is C23H18N2O5. The molecular weight excluding hydrogens is 384 g/mol. The summed E-state index contributed by atoms with van der Waals surface area (Å²) >= 11 is 0. The third-order valence-corrected chi connectivity index (χ3v) is 4.54. The Bertz CT molecular complexity index is 1100. The molecule has 2 aromatic carbocycles. The molecule has 3 aromatic rings. The summed E-state index contributed by atoms with van der Waals surface area (Å²) < 4.78 is 11.1. The van der Waals surface area contributed by atoms with Gasteiger partial charge in [-0.3, -0.25) is 19.8 Å². The van der Waals surface area contributed by atoms with E-state index in [-0.39, 0.29) is 12.1 Å². The number of benzene rings is 2. The zero-order chi connectivity index (χ0) is 20.9. The van der Waals surface area contributed by atoms with Crippen LogP contribution in [-0.4, -0.2) is 22.7 Å². The van der Waals surface area contributed by atoms with E-state index in [9.17, 15) is 14.4 Å². The van der Waals surface area contributed by atoms with E-state index in [4.69, 9.17) is 9.15 Å². The summed E-state index contributed by atoms with van der Waals surface area (Å²) in [7, 11) is 0. The van der Waals surface area contributed by atoms with Crippen molar-refractivity contribution in [2.45, 2.75) is 13.2 Å². The smallest absolute Gasteiger partial charge is 0.331 e. The Kier molecular flexibility index (Phi) is 5.43. The molecule has 7 heteroatoms. The van der Waals surface area contributed by atoms with Gasteiger partial charge in [-0.1, -0.05) is 48.5 Å². The minimum atomic E-state index is -0.785. The van der Waals surface area contributed by atoms with Gasteiger partial charge in [0, 0.05) is 5.56 Å². The number of amides is 4. The third-order valence-electron chi connectivity index (χ3n) is 4.54. The standard InChI is InChI=1S/C23H18N2O5/c26-21-19(22(27)25(23(28)24-21)14-18-10-6-12-29-18)13-17-9-4-5-11-20(17)30-15-16-7-2-1-3-8-16/h1-13H,14-15H2,(H,24,26,28). The summed E-state index contributed by atoms with van der Waals surface area (Å²) in [6.45, 7) is 0.263. The maximum absolute atomic E-state index is 12.9. The predicted octanol–water partition coefficient (Wildman–Crippen LogP) is 3.52. The summed E-state index contributed by atoms with van der Waals surface area (Å²) in [6, 6.07) is 19.2. The first-order valence-corrected chi connectivity index (χ1v) is 9.29. The molecule has 0 unspecified atom stereocenters. The lowest BCUT2D eigenvalue weighted by atomic mass is 10.1. The number of barbiturate groups is 1. The number of furan rings is 1. The lowest BCUT2D eigenvalue weighted by molar-refractivity contribution is -0.130. The highest BCUT2D eigenvalue weighted by Gasteiger charge is 2.36. The molecule has 1 aromatic heterocycles. The second kappa shape index (κ2) is 8.48. The summed E-state index contributed by atoms with van der Waals surface area (Å²) in [5.74, 6) is -0.501. The second-order valence-corrected chi connectivity index (χ2v) is 6.60. The Morgan fingerprint density at radius 2 is 1.70 bits per heavy atom. The summed E-state index contributed by atoms with van der Waals surface area (Å²) in [5.41, 5.74) is 1.39. The summed E-state index contributed by atoms with van der Waals surface area (Å²) in [6.07, 6.45) is 2.88. The van der Waals surface area contributed by atoms with Crippen LogP contribution >= 0.6 is 0 Å². The average molecular weight is 402 g/mol. The topological polar surface area (TPSA) is 88.9 Å². The van der Waals surface area contributed by atoms with Gasteiger partial charge in [-0.2, -0.15) is 0 Å². The largest absolute Gasteiger partial charge is 0.488 e. The molecule has 0 atom stereocenters. The fourth-order valence-corrected chi connectivity index (χ4v) is 3.02. The van der Waals surface area contributed by atoms with E-state index < -0.39 is 17.8 Å². The van der Waals surface area contributed by atoms with Crippen LogP contribution in [0.25, 0.3) is 6.08 Å². The van der Waals surface area contributed by atoms with Crippen LogP contribution in [0.15, 0.2) is 83.0 Å². The molecule has 7 nitrogen and oxygen atoms in total. The highest BCUT2D eigenvalue weighted by atomic mass is 16.5. The first-order chi connectivity index (χ1) is 14.6. The third kappa shape index (κ3) is 4.15. The van der Waals surface area contributed by atoms with Gasteiger partial charge in [0.2, 0.25) is 0 Å². The number of hydrogen-bond acceptors (Lipinski definition) is 5. The van der Waals surface area contributed by atoms with Crippen LogP contribution in [0.5, 0.6) is 5.75 Å². The van der Waals surface area contributed by atoms with Crippen molar-refractivity contribution in [2.75, 3.05) is 0 Å². The van der Waals surface area contributed by atoms with E-state index in [2.05, 4.69) is 5.32 Å². The fourth-order valence-electron chi connectivity index (χ4n) is 3.02. The van der Waals surface area contributed by atoms with Crippen molar-refractivity contribution in [1.29, 1.82) is 0 Å². The second-order valence-electron chi connectivity index (χ2n) is 6.60. The predicted molar refractivity (Wildman–Crippen MR) is 108 cm³/mol. The van der Waals surface area contributed by atoms with Crippen LogP contribution in [0.1, 0.15) is 16.9 Å². The van der Waals surface area contributed by atoms with E-state index in [1.807, 2.05) is 30.3 Å². The Balaban J connectivity index is 1.59. The molecule has 2 heterocycles. The normalized spacial score (nSPS) is 15.4. The average Bonchev–Trinajstić information content (AvgIpc) is 3.27. The lowest BCUT2D eigenvalue weighted by Gasteiger charge is -2.25. The summed E-state index contributed by atoms with van der Waals surface area (Å²) in [5, 5.41) is 2.20. The number of rotatable bonds is 6. The molecule has 0 aliphatic carbocycles. The molecule has 150 valence electrons. The van der Waals surface area contributed by atoms with Gasteiger partial charge in [0.1, 0.15) is 23.7 Å². The van der Waals surface area contributed by atoms with Crippen molar-refractivity contribution in [3.05, 3.63) is 95.5 Å². The maximum atomic E-state index is 12.9. The SMILES string of the molecule is O=C1NC(=O)N(Cc2ccco2)C(=O)C1=Cc1ccccc1OCc1ccccc1. The monoisotopic (exact) mass is 402 g/mol. The quantitative estimate of drug-likeness (QED) is 0.503. The first kappa shape index (κ1) is 19.2. The molecule has 0 spiro atoms. The van der Waals surface area contributed by atoms with Gasteiger partial charge in [0.15, 0.2) is 0 Å². The number of carbonyl (C=O) groups is 3. The van der Waals surface area contributed by atoms with Gasteiger partial charge >= 0.3 is 6.03 Å². The van der Waals surface area contributed by atoms with Gasteiger partial charge < -0.3 is 9.15 Å². The van der Waals surface area contributed by atoms with Crippen molar-refractivity contribution in [3.8, 4) is 5.75 Å². The van der Waals surface area contributed by atoms with Crippen LogP contribution in [0.3, 0.4) is 0 Å². The number of carbonyl (C=O) groups excluding carboxylic acids is 3.